The molecule has 0 spiro atoms. The Morgan fingerprint density at radius 1 is 1.33 bits per heavy atom. The smallest absolute Gasteiger partial charge is 0.329 e. The van der Waals surface area contributed by atoms with Crippen LogP contribution in [0.25, 0.3) is 0 Å². The maximum Gasteiger partial charge on any atom is 0.405 e. The van der Waals surface area contributed by atoms with Gasteiger partial charge < -0.3 is 10.2 Å². The van der Waals surface area contributed by atoms with Crippen molar-refractivity contribution in [2.24, 2.45) is 0 Å². The molecule has 1 saturated heterocycles. The van der Waals surface area contributed by atoms with Crippen molar-refractivity contribution < 1.29 is 22.8 Å². The van der Waals surface area contributed by atoms with E-state index >= 15 is 0 Å². The zero-order valence-corrected chi connectivity index (χ0v) is 7.93. The van der Waals surface area contributed by atoms with Gasteiger partial charge in [-0.1, -0.05) is 0 Å². The standard InChI is InChI=1S/C8H11F3N2O2/c9-8(10,11)5-12-7(15)13-3-1-6(14)2-4-13/h1-5H2,(H,12,15). The first-order valence-corrected chi connectivity index (χ1v) is 4.50. The quantitative estimate of drug-likeness (QED) is 0.720. The average molecular weight is 224 g/mol. The van der Waals surface area contributed by atoms with E-state index in [4.69, 9.17) is 0 Å². The van der Waals surface area contributed by atoms with Crippen LogP contribution < -0.4 is 5.32 Å². The molecule has 0 atom stereocenters. The number of hydrogen-bond donors (Lipinski definition) is 1. The number of likely N-dealkylation sites (tertiary alicyclic amines) is 1. The van der Waals surface area contributed by atoms with Crippen molar-refractivity contribution in [1.29, 1.82) is 0 Å². The highest BCUT2D eigenvalue weighted by molar-refractivity contribution is 5.82. The summed E-state index contributed by atoms with van der Waals surface area (Å²) in [5, 5.41) is 1.76. The van der Waals surface area contributed by atoms with Gasteiger partial charge in [-0.15, -0.1) is 0 Å². The first-order valence-electron chi connectivity index (χ1n) is 4.50. The van der Waals surface area contributed by atoms with Gasteiger partial charge in [0.2, 0.25) is 0 Å². The zero-order valence-electron chi connectivity index (χ0n) is 7.93. The number of urea groups is 1. The van der Waals surface area contributed by atoms with Crippen LogP contribution in [0, 0.1) is 0 Å². The molecule has 1 fully saturated rings. The number of hydrogen-bond acceptors (Lipinski definition) is 2. The zero-order chi connectivity index (χ0) is 11.5. The molecule has 4 nitrogen and oxygen atoms in total. The van der Waals surface area contributed by atoms with Gasteiger partial charge >= 0.3 is 12.2 Å². The first-order chi connectivity index (χ1) is 6.88. The van der Waals surface area contributed by atoms with E-state index in [1.54, 1.807) is 5.32 Å². The number of alkyl halides is 3. The summed E-state index contributed by atoms with van der Waals surface area (Å²) in [7, 11) is 0. The molecule has 7 heteroatoms. The molecule has 1 aliphatic heterocycles. The van der Waals surface area contributed by atoms with Gasteiger partial charge in [0.05, 0.1) is 0 Å². The van der Waals surface area contributed by atoms with Crippen molar-refractivity contribution in [1.82, 2.24) is 10.2 Å². The van der Waals surface area contributed by atoms with E-state index in [1.807, 2.05) is 0 Å². The monoisotopic (exact) mass is 224 g/mol. The molecular formula is C8H11F3N2O2. The van der Waals surface area contributed by atoms with Crippen LogP contribution in [0.5, 0.6) is 0 Å². The van der Waals surface area contributed by atoms with Gasteiger partial charge in [-0.25, -0.2) is 4.79 Å². The molecule has 0 aromatic rings. The van der Waals surface area contributed by atoms with Gasteiger partial charge in [0, 0.05) is 25.9 Å². The van der Waals surface area contributed by atoms with Crippen LogP contribution in [0.4, 0.5) is 18.0 Å². The number of halogens is 3. The SMILES string of the molecule is O=C1CCN(C(=O)NCC(F)(F)F)CC1. The molecule has 0 saturated carbocycles. The lowest BCUT2D eigenvalue weighted by Crippen LogP contribution is -2.47. The highest BCUT2D eigenvalue weighted by Crippen LogP contribution is 2.13. The predicted octanol–water partition coefficient (Wildman–Crippen LogP) is 0.923. The molecule has 1 aliphatic rings. The Morgan fingerprint density at radius 2 is 1.87 bits per heavy atom. The minimum absolute atomic E-state index is 0.0369. The normalized spacial score (nSPS) is 17.8. The van der Waals surface area contributed by atoms with Gasteiger partial charge in [0.15, 0.2) is 0 Å². The molecule has 1 N–H and O–H groups in total. The molecule has 0 radical (unpaired) electrons. The molecule has 1 heterocycles. The van der Waals surface area contributed by atoms with Crippen molar-refractivity contribution in [3.8, 4) is 0 Å². The van der Waals surface area contributed by atoms with Crippen LogP contribution in [0.1, 0.15) is 12.8 Å². The number of ketones is 1. The van der Waals surface area contributed by atoms with E-state index in [1.165, 1.54) is 4.90 Å². The largest absolute Gasteiger partial charge is 0.405 e. The summed E-state index contributed by atoms with van der Waals surface area (Å²) in [6.07, 6.45) is -3.96. The van der Waals surface area contributed by atoms with Crippen molar-refractivity contribution in [3.63, 3.8) is 0 Å². The summed E-state index contributed by atoms with van der Waals surface area (Å²) in [6, 6.07) is -0.764. The molecule has 2 amide bonds. The Hall–Kier alpha value is -1.27. The topological polar surface area (TPSA) is 49.4 Å². The Balaban J connectivity index is 2.31. The third-order valence-electron chi connectivity index (χ3n) is 2.05. The summed E-state index contributed by atoms with van der Waals surface area (Å²) in [6.45, 7) is -0.943. The number of carbonyl (C=O) groups is 2. The van der Waals surface area contributed by atoms with Crippen molar-refractivity contribution in [2.45, 2.75) is 19.0 Å². The third kappa shape index (κ3) is 4.18. The summed E-state index contributed by atoms with van der Waals surface area (Å²) in [4.78, 5) is 23.2. The van der Waals surface area contributed by atoms with E-state index in [0.29, 0.717) is 0 Å². The number of nitrogens with one attached hydrogen (secondary N) is 1. The number of amides is 2. The molecular weight excluding hydrogens is 213 g/mol. The maximum atomic E-state index is 11.8. The molecule has 0 aliphatic carbocycles. The number of nitrogens with zero attached hydrogens (tertiary/aromatic N) is 1. The average Bonchev–Trinajstić information content (AvgIpc) is 2.14. The Kier molecular flexibility index (Phi) is 3.54. The first kappa shape index (κ1) is 11.8. The fourth-order valence-corrected chi connectivity index (χ4v) is 1.25. The lowest BCUT2D eigenvalue weighted by atomic mass is 10.1. The Labute approximate surface area is 84.4 Å². The van der Waals surface area contributed by atoms with E-state index < -0.39 is 18.8 Å². The van der Waals surface area contributed by atoms with Crippen LogP contribution in [0.2, 0.25) is 0 Å². The molecule has 0 aromatic heterocycles. The third-order valence-corrected chi connectivity index (χ3v) is 2.05. The molecule has 0 bridgehead atoms. The minimum Gasteiger partial charge on any atom is -0.329 e. The minimum atomic E-state index is -4.40. The molecule has 15 heavy (non-hydrogen) atoms. The second-order valence-corrected chi connectivity index (χ2v) is 3.30. The van der Waals surface area contributed by atoms with Crippen LogP contribution in [0.3, 0.4) is 0 Å². The second kappa shape index (κ2) is 4.50. The van der Waals surface area contributed by atoms with Crippen LogP contribution in [-0.4, -0.2) is 42.5 Å². The summed E-state index contributed by atoms with van der Waals surface area (Å²) >= 11 is 0. The van der Waals surface area contributed by atoms with Crippen LogP contribution in [0.15, 0.2) is 0 Å². The van der Waals surface area contributed by atoms with E-state index in [0.717, 1.165) is 0 Å². The summed E-state index contributed by atoms with van der Waals surface area (Å²) in [5.74, 6) is 0.0369. The summed E-state index contributed by atoms with van der Waals surface area (Å²) < 4.78 is 35.3. The van der Waals surface area contributed by atoms with Crippen molar-refractivity contribution in [2.75, 3.05) is 19.6 Å². The molecule has 1 rings (SSSR count). The highest BCUT2D eigenvalue weighted by atomic mass is 19.4. The van der Waals surface area contributed by atoms with E-state index in [-0.39, 0.29) is 31.7 Å². The summed E-state index contributed by atoms with van der Waals surface area (Å²) in [5.41, 5.74) is 0. The number of carbonyl (C=O) groups excluding carboxylic acids is 2. The molecule has 0 unspecified atom stereocenters. The number of Topliss-reactive ketones (excluding diaryl/α,β-unsaturated/α-hetero) is 1. The molecule has 0 aromatic carbocycles. The Bertz CT molecular complexity index is 255. The van der Waals surface area contributed by atoms with Gasteiger partial charge in [0.1, 0.15) is 12.3 Å². The van der Waals surface area contributed by atoms with Gasteiger partial charge in [-0.05, 0) is 0 Å². The Morgan fingerprint density at radius 3 is 2.33 bits per heavy atom. The van der Waals surface area contributed by atoms with E-state index in [2.05, 4.69) is 0 Å². The second-order valence-electron chi connectivity index (χ2n) is 3.30. The van der Waals surface area contributed by atoms with Crippen LogP contribution >= 0.6 is 0 Å². The number of rotatable bonds is 1. The van der Waals surface area contributed by atoms with Gasteiger partial charge in [0.25, 0.3) is 0 Å². The highest BCUT2D eigenvalue weighted by Gasteiger charge is 2.29. The molecule has 86 valence electrons. The van der Waals surface area contributed by atoms with Crippen molar-refractivity contribution in [3.05, 3.63) is 0 Å². The predicted molar refractivity (Wildman–Crippen MR) is 45.3 cm³/mol. The van der Waals surface area contributed by atoms with Gasteiger partial charge in [-0.3, -0.25) is 4.79 Å². The maximum absolute atomic E-state index is 11.8. The fraction of sp³-hybridized carbons (Fsp3) is 0.750. The lowest BCUT2D eigenvalue weighted by molar-refractivity contribution is -0.124. The van der Waals surface area contributed by atoms with E-state index in [9.17, 15) is 22.8 Å². The number of piperidine rings is 1. The van der Waals surface area contributed by atoms with Crippen molar-refractivity contribution >= 4 is 11.8 Å². The van der Waals surface area contributed by atoms with Crippen LogP contribution in [-0.2, 0) is 4.79 Å². The fourth-order valence-electron chi connectivity index (χ4n) is 1.25. The van der Waals surface area contributed by atoms with Gasteiger partial charge in [-0.2, -0.15) is 13.2 Å². The lowest BCUT2D eigenvalue weighted by Gasteiger charge is -2.26.